The van der Waals surface area contributed by atoms with Crippen molar-refractivity contribution >= 4 is 45.7 Å². The molecule has 0 bridgehead atoms. The molecule has 2 aliphatic rings. The predicted octanol–water partition coefficient (Wildman–Crippen LogP) is 4.07. The number of hydrogen-bond donors (Lipinski definition) is 2. The first-order valence-corrected chi connectivity index (χ1v) is 11.5. The van der Waals surface area contributed by atoms with Crippen molar-refractivity contribution in [3.8, 4) is 11.3 Å². The normalized spacial score (nSPS) is 17.9. The fourth-order valence-electron chi connectivity index (χ4n) is 4.12. The molecule has 2 fully saturated rings. The first-order chi connectivity index (χ1) is 13.9. The molecule has 0 unspecified atom stereocenters. The molecule has 2 aromatic rings. The van der Waals surface area contributed by atoms with Crippen molar-refractivity contribution in [2.45, 2.75) is 57.9 Å². The summed E-state index contributed by atoms with van der Waals surface area (Å²) in [6, 6.07) is 1.78. The summed E-state index contributed by atoms with van der Waals surface area (Å²) in [5, 5.41) is 8.19. The monoisotopic (exact) mass is 432 g/mol. The molecule has 3 heterocycles. The van der Waals surface area contributed by atoms with Gasteiger partial charge in [-0.3, -0.25) is 14.5 Å². The minimum absolute atomic E-state index is 0.133. The van der Waals surface area contributed by atoms with Gasteiger partial charge in [-0.05, 0) is 39.2 Å². The SMILES string of the molecule is Cc1cc(-c2csc(NC(=O)CCCN3C(=O)NC4(CCCC4)C3=O)n2)c(C)s1. The number of amides is 4. The maximum Gasteiger partial charge on any atom is 0.325 e. The average molecular weight is 433 g/mol. The highest BCUT2D eigenvalue weighted by molar-refractivity contribution is 7.14. The molecule has 2 N–H and O–H groups in total. The Bertz CT molecular complexity index is 959. The molecule has 7 nitrogen and oxygen atoms in total. The molecule has 1 aliphatic heterocycles. The highest BCUT2D eigenvalue weighted by atomic mass is 32.1. The van der Waals surface area contributed by atoms with Crippen molar-refractivity contribution in [3.63, 3.8) is 0 Å². The van der Waals surface area contributed by atoms with Crippen molar-refractivity contribution in [1.29, 1.82) is 0 Å². The number of rotatable bonds is 6. The molecule has 0 radical (unpaired) electrons. The van der Waals surface area contributed by atoms with Crippen molar-refractivity contribution in [1.82, 2.24) is 15.2 Å². The summed E-state index contributed by atoms with van der Waals surface area (Å²) in [7, 11) is 0. The second-order valence-corrected chi connectivity index (χ2v) is 10.0. The van der Waals surface area contributed by atoms with Gasteiger partial charge in [0.15, 0.2) is 5.13 Å². The second kappa shape index (κ2) is 7.87. The van der Waals surface area contributed by atoms with E-state index in [2.05, 4.69) is 35.5 Å². The molecule has 4 rings (SSSR count). The second-order valence-electron chi connectivity index (χ2n) is 7.69. The summed E-state index contributed by atoms with van der Waals surface area (Å²) >= 11 is 3.13. The lowest BCUT2D eigenvalue weighted by molar-refractivity contribution is -0.131. The van der Waals surface area contributed by atoms with Crippen LogP contribution in [0.5, 0.6) is 0 Å². The topological polar surface area (TPSA) is 91.4 Å². The van der Waals surface area contributed by atoms with Crippen LogP contribution >= 0.6 is 22.7 Å². The number of aryl methyl sites for hydroxylation is 2. The summed E-state index contributed by atoms with van der Waals surface area (Å²) in [6.07, 6.45) is 4.01. The lowest BCUT2D eigenvalue weighted by Crippen LogP contribution is -2.44. The van der Waals surface area contributed by atoms with E-state index in [1.807, 2.05) is 5.38 Å². The number of anilines is 1. The number of imide groups is 1. The van der Waals surface area contributed by atoms with Gasteiger partial charge in [-0.1, -0.05) is 12.8 Å². The molecule has 1 spiro atoms. The van der Waals surface area contributed by atoms with E-state index in [1.54, 1.807) is 11.3 Å². The zero-order chi connectivity index (χ0) is 20.6. The Morgan fingerprint density at radius 1 is 1.31 bits per heavy atom. The van der Waals surface area contributed by atoms with Crippen LogP contribution in [0.3, 0.4) is 0 Å². The quantitative estimate of drug-likeness (QED) is 0.673. The van der Waals surface area contributed by atoms with Gasteiger partial charge in [0.1, 0.15) is 5.54 Å². The first kappa shape index (κ1) is 20.0. The van der Waals surface area contributed by atoms with Crippen LogP contribution in [-0.2, 0) is 9.59 Å². The number of nitrogens with zero attached hydrogens (tertiary/aromatic N) is 2. The van der Waals surface area contributed by atoms with Gasteiger partial charge >= 0.3 is 6.03 Å². The molecule has 2 aromatic heterocycles. The molecule has 4 amide bonds. The average Bonchev–Trinajstić information content (AvgIpc) is 3.42. The molecule has 9 heteroatoms. The zero-order valence-electron chi connectivity index (χ0n) is 16.5. The third kappa shape index (κ3) is 3.93. The summed E-state index contributed by atoms with van der Waals surface area (Å²) in [5.41, 5.74) is 1.28. The minimum Gasteiger partial charge on any atom is -0.323 e. The zero-order valence-corrected chi connectivity index (χ0v) is 18.2. The summed E-state index contributed by atoms with van der Waals surface area (Å²) < 4.78 is 0. The minimum atomic E-state index is -0.686. The van der Waals surface area contributed by atoms with Gasteiger partial charge in [0.25, 0.3) is 5.91 Å². The maximum absolute atomic E-state index is 12.6. The highest BCUT2D eigenvalue weighted by Crippen LogP contribution is 2.35. The Labute approximate surface area is 177 Å². The lowest BCUT2D eigenvalue weighted by atomic mass is 9.98. The van der Waals surface area contributed by atoms with Crippen LogP contribution in [0.15, 0.2) is 11.4 Å². The lowest BCUT2D eigenvalue weighted by Gasteiger charge is -2.19. The van der Waals surface area contributed by atoms with Crippen LogP contribution in [0.1, 0.15) is 48.3 Å². The number of carbonyl (C=O) groups is 3. The number of urea groups is 1. The van der Waals surface area contributed by atoms with E-state index in [0.717, 1.165) is 24.1 Å². The molecular formula is C20H24N4O3S2. The molecule has 154 valence electrons. The molecule has 29 heavy (non-hydrogen) atoms. The molecule has 1 saturated heterocycles. The molecular weight excluding hydrogens is 408 g/mol. The number of hydrogen-bond acceptors (Lipinski definition) is 6. The van der Waals surface area contributed by atoms with Crippen LogP contribution in [0.4, 0.5) is 9.93 Å². The Balaban J connectivity index is 1.28. The van der Waals surface area contributed by atoms with E-state index in [1.165, 1.54) is 26.0 Å². The van der Waals surface area contributed by atoms with E-state index < -0.39 is 5.54 Å². The van der Waals surface area contributed by atoms with Crippen molar-refractivity contribution in [2.24, 2.45) is 0 Å². The number of carbonyl (C=O) groups excluding carboxylic acids is 3. The Morgan fingerprint density at radius 3 is 2.76 bits per heavy atom. The van der Waals surface area contributed by atoms with E-state index in [4.69, 9.17) is 0 Å². The van der Waals surface area contributed by atoms with Crippen molar-refractivity contribution < 1.29 is 14.4 Å². The molecule has 0 aromatic carbocycles. The van der Waals surface area contributed by atoms with Crippen LogP contribution in [0, 0.1) is 13.8 Å². The maximum atomic E-state index is 12.6. The van der Waals surface area contributed by atoms with Gasteiger partial charge in [-0.25, -0.2) is 9.78 Å². The molecule has 0 atom stereocenters. The van der Waals surface area contributed by atoms with Crippen LogP contribution < -0.4 is 10.6 Å². The largest absolute Gasteiger partial charge is 0.325 e. The van der Waals surface area contributed by atoms with Gasteiger partial charge in [-0.2, -0.15) is 0 Å². The van der Waals surface area contributed by atoms with Gasteiger partial charge in [0.2, 0.25) is 5.91 Å². The van der Waals surface area contributed by atoms with Crippen LogP contribution in [0.2, 0.25) is 0 Å². The Hall–Kier alpha value is -2.26. The summed E-state index contributed by atoms with van der Waals surface area (Å²) in [5.74, 6) is -0.293. The predicted molar refractivity (Wildman–Crippen MR) is 114 cm³/mol. The highest BCUT2D eigenvalue weighted by Gasteiger charge is 2.52. The standard InChI is InChI=1S/C20H24N4O3S2/c1-12-10-14(13(2)29-12)15-11-28-18(21-15)22-16(25)6-5-9-24-17(26)20(23-19(24)27)7-3-4-8-20/h10-11H,3-9H2,1-2H3,(H,23,27)(H,21,22,25). The molecule has 1 saturated carbocycles. The smallest absolute Gasteiger partial charge is 0.323 e. The van der Waals surface area contributed by atoms with Gasteiger partial charge < -0.3 is 10.6 Å². The number of thiazole rings is 1. The van der Waals surface area contributed by atoms with E-state index in [0.29, 0.717) is 24.4 Å². The van der Waals surface area contributed by atoms with Gasteiger partial charge in [-0.15, -0.1) is 22.7 Å². The van der Waals surface area contributed by atoms with Crippen molar-refractivity contribution in [2.75, 3.05) is 11.9 Å². The number of aromatic nitrogens is 1. The van der Waals surface area contributed by atoms with E-state index in [-0.39, 0.29) is 30.8 Å². The van der Waals surface area contributed by atoms with Crippen molar-refractivity contribution in [3.05, 3.63) is 21.2 Å². The molecule has 1 aliphatic carbocycles. The van der Waals surface area contributed by atoms with E-state index >= 15 is 0 Å². The third-order valence-corrected chi connectivity index (χ3v) is 7.28. The fourth-order valence-corrected chi connectivity index (χ4v) is 5.78. The number of thiophene rings is 1. The van der Waals surface area contributed by atoms with Crippen LogP contribution in [0.25, 0.3) is 11.3 Å². The third-order valence-electron chi connectivity index (χ3n) is 5.56. The van der Waals surface area contributed by atoms with Crippen LogP contribution in [-0.4, -0.2) is 39.8 Å². The fraction of sp³-hybridized carbons (Fsp3) is 0.500. The van der Waals surface area contributed by atoms with Gasteiger partial charge in [0, 0.05) is 33.7 Å². The number of nitrogens with one attached hydrogen (secondary N) is 2. The Kier molecular flexibility index (Phi) is 5.44. The summed E-state index contributed by atoms with van der Waals surface area (Å²) in [4.78, 5) is 45.3. The summed E-state index contributed by atoms with van der Waals surface area (Å²) in [6.45, 7) is 4.39. The van der Waals surface area contributed by atoms with Gasteiger partial charge in [0.05, 0.1) is 5.69 Å². The Morgan fingerprint density at radius 2 is 2.07 bits per heavy atom. The first-order valence-electron chi connectivity index (χ1n) is 9.85. The van der Waals surface area contributed by atoms with E-state index in [9.17, 15) is 14.4 Å².